The average molecular weight is 612 g/mol. The van der Waals surface area contributed by atoms with Crippen LogP contribution in [0.1, 0.15) is 60.5 Å². The van der Waals surface area contributed by atoms with Crippen molar-refractivity contribution in [1.29, 1.82) is 0 Å². The van der Waals surface area contributed by atoms with Gasteiger partial charge in [0.2, 0.25) is 0 Å². The molecule has 1 atom stereocenters. The summed E-state index contributed by atoms with van der Waals surface area (Å²) in [5, 5.41) is 14.4. The predicted molar refractivity (Wildman–Crippen MR) is 153 cm³/mol. The zero-order chi connectivity index (χ0) is 30.1. The van der Waals surface area contributed by atoms with Crippen LogP contribution in [0, 0.1) is 0 Å². The summed E-state index contributed by atoms with van der Waals surface area (Å²) in [6.45, 7) is 0.468. The number of nitrogens with zero attached hydrogens (tertiary/aromatic N) is 4. The number of amides is 1. The molecule has 0 aliphatic heterocycles. The molecule has 5 aromatic rings. The zero-order valence-corrected chi connectivity index (χ0v) is 23.6. The Balaban J connectivity index is 0.000000253. The molecule has 3 heterocycles. The maximum Gasteiger partial charge on any atom is 0.419 e. The van der Waals surface area contributed by atoms with Gasteiger partial charge in [-0.1, -0.05) is 12.1 Å². The third kappa shape index (κ3) is 6.02. The van der Waals surface area contributed by atoms with Crippen molar-refractivity contribution in [3.8, 4) is 0 Å². The molecule has 43 heavy (non-hydrogen) atoms. The van der Waals surface area contributed by atoms with Crippen LogP contribution in [0.25, 0.3) is 16.9 Å². The minimum atomic E-state index is -1.35. The third-order valence-corrected chi connectivity index (χ3v) is 6.83. The lowest BCUT2D eigenvalue weighted by atomic mass is 10.0. The summed E-state index contributed by atoms with van der Waals surface area (Å²) in [7, 11) is 2.98. The van der Waals surface area contributed by atoms with Gasteiger partial charge in [-0.2, -0.15) is 4.98 Å². The number of hydrogen-bond donors (Lipinski definition) is 4. The lowest BCUT2D eigenvalue weighted by molar-refractivity contribution is 0.0599. The van der Waals surface area contributed by atoms with Crippen LogP contribution in [0.3, 0.4) is 0 Å². The molecule has 0 spiro atoms. The van der Waals surface area contributed by atoms with Crippen molar-refractivity contribution < 1.29 is 28.6 Å². The van der Waals surface area contributed by atoms with Crippen LogP contribution in [-0.2, 0) is 24.8 Å². The SMILES string of the molecule is COC(=O)c1ccc2c(c1)CC[C@@H]2NC(=O)c1cc(C(=O)O)n2[nH]c(=O)nc2n1.Cl.Cn1c(=O)oc2ccc(CN)cc21. The van der Waals surface area contributed by atoms with E-state index >= 15 is 0 Å². The second kappa shape index (κ2) is 12.3. The largest absolute Gasteiger partial charge is 0.477 e. The number of oxazole rings is 1. The first-order chi connectivity index (χ1) is 20.1. The number of methoxy groups -OCH3 is 1. The molecule has 16 heteroatoms. The molecule has 0 bridgehead atoms. The number of rotatable bonds is 5. The molecule has 3 aromatic heterocycles. The van der Waals surface area contributed by atoms with Crippen LogP contribution in [0.2, 0.25) is 0 Å². The number of carbonyl (C=O) groups is 3. The first-order valence-electron chi connectivity index (χ1n) is 12.6. The molecule has 15 nitrogen and oxygen atoms in total. The van der Waals surface area contributed by atoms with Gasteiger partial charge in [-0.05, 0) is 53.8 Å². The van der Waals surface area contributed by atoms with E-state index in [9.17, 15) is 29.1 Å². The Kier molecular flexibility index (Phi) is 8.77. The number of benzene rings is 2. The molecular weight excluding hydrogens is 586 g/mol. The van der Waals surface area contributed by atoms with Crippen molar-refractivity contribution in [3.63, 3.8) is 0 Å². The number of aromatic carboxylic acids is 1. The lowest BCUT2D eigenvalue weighted by Gasteiger charge is -2.14. The first kappa shape index (κ1) is 30.7. The summed E-state index contributed by atoms with van der Waals surface area (Å²) in [5.41, 5.74) is 8.78. The molecule has 0 radical (unpaired) electrons. The standard InChI is InChI=1S/C18H15N5O6.C9H10N2O2.ClH/c1-29-16(27)9-2-4-10-8(6-9)3-5-11(10)19-14(24)12-7-13(15(25)26)23-17(20-12)21-18(28)22-23;1-11-7-4-6(5-10)2-3-8(7)13-9(11)12;/h2,4,6-7,11H,3,5H2,1H3,(H,19,24)(H,22,28)(H,25,26);2-4H,5,10H2,1H3;1H/t11-;;/m0../s1. The Bertz CT molecular complexity index is 1990. The Morgan fingerprint density at radius 3 is 2.63 bits per heavy atom. The number of aromatic amines is 1. The lowest BCUT2D eigenvalue weighted by Crippen LogP contribution is -2.28. The molecule has 0 unspecified atom stereocenters. The number of carboxylic acid groups (broad SMARTS) is 1. The molecule has 1 amide bonds. The van der Waals surface area contributed by atoms with Gasteiger partial charge in [0.1, 0.15) is 5.69 Å². The van der Waals surface area contributed by atoms with Crippen LogP contribution in [0.15, 0.2) is 56.5 Å². The highest BCUT2D eigenvalue weighted by Gasteiger charge is 2.27. The van der Waals surface area contributed by atoms with Crippen LogP contribution in [0.4, 0.5) is 0 Å². The minimum Gasteiger partial charge on any atom is -0.477 e. The number of H-pyrrole nitrogens is 1. The van der Waals surface area contributed by atoms with Crippen LogP contribution in [0.5, 0.6) is 0 Å². The topological polar surface area (TPSA) is 217 Å². The van der Waals surface area contributed by atoms with Gasteiger partial charge in [0, 0.05) is 19.7 Å². The number of hydrogen-bond acceptors (Lipinski definition) is 10. The van der Waals surface area contributed by atoms with Gasteiger partial charge in [0.15, 0.2) is 11.3 Å². The number of carbonyl (C=O) groups excluding carboxylic acids is 2. The summed E-state index contributed by atoms with van der Waals surface area (Å²) in [4.78, 5) is 65.8. The molecule has 5 N–H and O–H groups in total. The van der Waals surface area contributed by atoms with E-state index in [1.807, 2.05) is 12.1 Å². The van der Waals surface area contributed by atoms with Crippen molar-refractivity contribution in [2.24, 2.45) is 12.8 Å². The van der Waals surface area contributed by atoms with E-state index in [0.717, 1.165) is 32.8 Å². The first-order valence-corrected chi connectivity index (χ1v) is 12.6. The molecule has 1 aliphatic rings. The highest BCUT2D eigenvalue weighted by molar-refractivity contribution is 5.96. The Morgan fingerprint density at radius 1 is 1.16 bits per heavy atom. The second-order valence-corrected chi connectivity index (χ2v) is 9.40. The highest BCUT2D eigenvalue weighted by Crippen LogP contribution is 2.32. The van der Waals surface area contributed by atoms with Gasteiger partial charge in [0.25, 0.3) is 11.7 Å². The number of halogens is 1. The third-order valence-electron chi connectivity index (χ3n) is 6.83. The van der Waals surface area contributed by atoms with Crippen molar-refractivity contribution in [3.05, 3.63) is 97.1 Å². The summed E-state index contributed by atoms with van der Waals surface area (Å²) in [6, 6.07) is 11.3. The molecule has 0 saturated carbocycles. The monoisotopic (exact) mass is 611 g/mol. The van der Waals surface area contributed by atoms with E-state index in [2.05, 4.69) is 20.4 Å². The van der Waals surface area contributed by atoms with E-state index in [0.29, 0.717) is 30.5 Å². The van der Waals surface area contributed by atoms with Gasteiger partial charge in [0.05, 0.1) is 24.2 Å². The van der Waals surface area contributed by atoms with Gasteiger partial charge >= 0.3 is 23.4 Å². The fourth-order valence-electron chi connectivity index (χ4n) is 4.71. The Labute approximate surface area is 247 Å². The Hall–Kier alpha value is -5.28. The second-order valence-electron chi connectivity index (χ2n) is 9.40. The smallest absolute Gasteiger partial charge is 0.419 e. The Morgan fingerprint density at radius 2 is 1.93 bits per heavy atom. The van der Waals surface area contributed by atoms with Crippen LogP contribution < -0.4 is 22.5 Å². The van der Waals surface area contributed by atoms with Crippen LogP contribution >= 0.6 is 12.4 Å². The highest BCUT2D eigenvalue weighted by atomic mass is 35.5. The molecule has 0 saturated heterocycles. The number of aromatic nitrogens is 5. The van der Waals surface area contributed by atoms with Crippen molar-refractivity contribution in [2.75, 3.05) is 7.11 Å². The van der Waals surface area contributed by atoms with Crippen molar-refractivity contribution in [1.82, 2.24) is 29.5 Å². The number of aryl methyl sites for hydroxylation is 2. The maximum absolute atomic E-state index is 12.7. The van der Waals surface area contributed by atoms with Gasteiger partial charge in [-0.25, -0.2) is 33.8 Å². The quantitative estimate of drug-likeness (QED) is 0.208. The van der Waals surface area contributed by atoms with Crippen molar-refractivity contribution in [2.45, 2.75) is 25.4 Å². The number of nitrogens with two attached hydrogens (primary N) is 1. The number of ether oxygens (including phenoxy) is 1. The summed E-state index contributed by atoms with van der Waals surface area (Å²) in [6.07, 6.45) is 1.27. The van der Waals surface area contributed by atoms with Gasteiger partial charge < -0.3 is 25.3 Å². The average Bonchev–Trinajstić information content (AvgIpc) is 3.65. The van der Waals surface area contributed by atoms with E-state index in [-0.39, 0.29) is 41.4 Å². The fourth-order valence-corrected chi connectivity index (χ4v) is 4.71. The molecule has 1 aliphatic carbocycles. The molecule has 0 fully saturated rings. The molecule has 6 rings (SSSR count). The summed E-state index contributed by atoms with van der Waals surface area (Å²) in [5.74, 6) is -2.94. The predicted octanol–water partition coefficient (Wildman–Crippen LogP) is 1.33. The number of nitrogens with one attached hydrogen (secondary N) is 2. The van der Waals surface area contributed by atoms with E-state index < -0.39 is 23.5 Å². The van der Waals surface area contributed by atoms with E-state index in [4.69, 9.17) is 14.9 Å². The van der Waals surface area contributed by atoms with Crippen molar-refractivity contribution >= 4 is 47.1 Å². The number of fused-ring (bicyclic) bond motifs is 3. The van der Waals surface area contributed by atoms with Gasteiger partial charge in [-0.3, -0.25) is 9.36 Å². The molecular formula is C27H26ClN7O8. The maximum atomic E-state index is 12.7. The zero-order valence-electron chi connectivity index (χ0n) is 22.8. The van der Waals surface area contributed by atoms with Gasteiger partial charge in [-0.15, -0.1) is 12.4 Å². The summed E-state index contributed by atoms with van der Waals surface area (Å²) < 4.78 is 12.0. The van der Waals surface area contributed by atoms with E-state index in [1.165, 1.54) is 11.7 Å². The molecule has 2 aromatic carbocycles. The number of carboxylic acids is 1. The summed E-state index contributed by atoms with van der Waals surface area (Å²) >= 11 is 0. The fraction of sp³-hybridized carbons (Fsp3) is 0.222. The minimum absolute atomic E-state index is 0. The normalized spacial score (nSPS) is 13.5. The molecule has 224 valence electrons. The van der Waals surface area contributed by atoms with Crippen LogP contribution in [-0.4, -0.2) is 54.2 Å². The van der Waals surface area contributed by atoms with E-state index in [1.54, 1.807) is 31.3 Å². The number of esters is 1.